The molecule has 0 radical (unpaired) electrons. The number of hydrazone groups is 1. The summed E-state index contributed by atoms with van der Waals surface area (Å²) in [7, 11) is 0. The van der Waals surface area contributed by atoms with Crippen LogP contribution in [0.1, 0.15) is 23.6 Å². The summed E-state index contributed by atoms with van der Waals surface area (Å²) in [6.45, 7) is 0. The molecule has 1 aromatic heterocycles. The van der Waals surface area contributed by atoms with Crippen molar-refractivity contribution in [2.45, 2.75) is 12.5 Å². The van der Waals surface area contributed by atoms with Gasteiger partial charge in [0.25, 0.3) is 0 Å². The van der Waals surface area contributed by atoms with Gasteiger partial charge in [-0.3, -0.25) is 5.01 Å². The maximum absolute atomic E-state index is 12.1. The number of hydrogen-bond donors (Lipinski definition) is 0. The monoisotopic (exact) mass is 474 g/mol. The van der Waals surface area contributed by atoms with E-state index in [4.69, 9.17) is 9.52 Å². The smallest absolute Gasteiger partial charge is 0.423 e. The molecular formula is C28H22FeN2O2. The van der Waals surface area contributed by atoms with Gasteiger partial charge in [-0.25, -0.2) is 29.1 Å². The van der Waals surface area contributed by atoms with Gasteiger partial charge in [-0.1, -0.05) is 36.4 Å². The molecule has 1 atom stereocenters. The molecule has 4 aromatic carbocycles. The Kier molecular flexibility index (Phi) is 7.04. The second kappa shape index (κ2) is 10.3. The Bertz CT molecular complexity index is 1350. The standard InChI is InChI=1S/C23H17N2O2.C5H5.Fe/c26-23-14-19(18-12-6-7-13-22(18)27-23)20-15-21(16-8-4-5-9-16)25(24-20)17-10-2-1-3-11-17;1-2-4-5-3-1;/h1-14,21H,15H2;1-5H;/q2*-1;+2. The van der Waals surface area contributed by atoms with E-state index in [1.54, 1.807) is 6.07 Å². The Morgan fingerprint density at radius 2 is 1.61 bits per heavy atom. The molecule has 0 spiro atoms. The van der Waals surface area contributed by atoms with E-state index < -0.39 is 0 Å². The average Bonchev–Trinajstić information content (AvgIpc) is 3.62. The van der Waals surface area contributed by atoms with Crippen molar-refractivity contribution in [1.29, 1.82) is 0 Å². The quantitative estimate of drug-likeness (QED) is 0.176. The minimum Gasteiger partial charge on any atom is -0.423 e. The van der Waals surface area contributed by atoms with Gasteiger partial charge < -0.3 is 4.42 Å². The first-order valence-electron chi connectivity index (χ1n) is 10.6. The molecule has 164 valence electrons. The number of anilines is 1. The predicted octanol–water partition coefficient (Wildman–Crippen LogP) is 6.27. The van der Waals surface area contributed by atoms with Crippen molar-refractivity contribution < 1.29 is 21.5 Å². The SMILES string of the molecule is O=c1cc(C2=NN(c3ccccc3)C([c-]3cccc3)C2)c2ccccc2o1.[Fe+2].c1cc[cH-]c1. The van der Waals surface area contributed by atoms with Gasteiger partial charge >= 0.3 is 22.7 Å². The van der Waals surface area contributed by atoms with Gasteiger partial charge in [0, 0.05) is 29.5 Å². The summed E-state index contributed by atoms with van der Waals surface area (Å²) in [6.07, 6.45) is 0.729. The number of para-hydroxylation sites is 2. The van der Waals surface area contributed by atoms with Gasteiger partial charge in [0.2, 0.25) is 0 Å². The zero-order valence-electron chi connectivity index (χ0n) is 17.8. The van der Waals surface area contributed by atoms with Crippen LogP contribution in [0.3, 0.4) is 0 Å². The van der Waals surface area contributed by atoms with Gasteiger partial charge in [-0.05, 0) is 18.2 Å². The number of fused-ring (bicyclic) bond motifs is 1. The summed E-state index contributed by atoms with van der Waals surface area (Å²) in [5.74, 6) is 0. The zero-order chi connectivity index (χ0) is 21.8. The second-order valence-corrected chi connectivity index (χ2v) is 7.60. The fraction of sp³-hybridized carbons (Fsp3) is 0.0714. The Balaban J connectivity index is 0.000000385. The maximum Gasteiger partial charge on any atom is 2.00 e. The summed E-state index contributed by atoms with van der Waals surface area (Å²) in [5, 5.41) is 7.89. The van der Waals surface area contributed by atoms with Crippen LogP contribution in [0.25, 0.3) is 11.0 Å². The van der Waals surface area contributed by atoms with Crippen LogP contribution in [0, 0.1) is 0 Å². The number of nitrogens with zero attached hydrogens (tertiary/aromatic N) is 2. The second-order valence-electron chi connectivity index (χ2n) is 7.60. The minimum atomic E-state index is -0.352. The summed E-state index contributed by atoms with van der Waals surface area (Å²) in [6, 6.07) is 37.7. The zero-order valence-corrected chi connectivity index (χ0v) is 18.9. The molecule has 5 aromatic rings. The van der Waals surface area contributed by atoms with Crippen LogP contribution in [0.2, 0.25) is 0 Å². The molecule has 0 saturated heterocycles. The van der Waals surface area contributed by atoms with Gasteiger partial charge in [0.1, 0.15) is 5.58 Å². The normalized spacial score (nSPS) is 14.8. The first-order valence-corrected chi connectivity index (χ1v) is 10.6. The molecule has 4 nitrogen and oxygen atoms in total. The van der Waals surface area contributed by atoms with E-state index in [2.05, 4.69) is 24.3 Å². The summed E-state index contributed by atoms with van der Waals surface area (Å²) in [5.41, 5.74) is 4.22. The third kappa shape index (κ3) is 4.90. The number of rotatable bonds is 3. The molecule has 0 saturated carbocycles. The fourth-order valence-electron chi connectivity index (χ4n) is 4.03. The molecule has 33 heavy (non-hydrogen) atoms. The summed E-state index contributed by atoms with van der Waals surface area (Å²) >= 11 is 0. The van der Waals surface area contributed by atoms with Crippen molar-refractivity contribution in [1.82, 2.24) is 0 Å². The van der Waals surface area contributed by atoms with Crippen LogP contribution in [0.4, 0.5) is 5.69 Å². The third-order valence-corrected chi connectivity index (χ3v) is 5.52. The van der Waals surface area contributed by atoms with E-state index in [1.165, 1.54) is 5.56 Å². The largest absolute Gasteiger partial charge is 2.00 e. The van der Waals surface area contributed by atoms with Crippen LogP contribution in [0.5, 0.6) is 0 Å². The summed E-state index contributed by atoms with van der Waals surface area (Å²) < 4.78 is 5.35. The van der Waals surface area contributed by atoms with Gasteiger partial charge in [0.05, 0.1) is 11.4 Å². The van der Waals surface area contributed by atoms with Gasteiger partial charge in [0.15, 0.2) is 0 Å². The van der Waals surface area contributed by atoms with Crippen LogP contribution < -0.4 is 10.6 Å². The predicted molar refractivity (Wildman–Crippen MR) is 129 cm³/mol. The third-order valence-electron chi connectivity index (χ3n) is 5.52. The first kappa shape index (κ1) is 22.5. The molecule has 2 heterocycles. The Labute approximate surface area is 203 Å². The minimum absolute atomic E-state index is 0. The van der Waals surface area contributed by atoms with Gasteiger partial charge in [-0.2, -0.15) is 35.4 Å². The molecule has 1 unspecified atom stereocenters. The topological polar surface area (TPSA) is 45.8 Å². The maximum atomic E-state index is 12.1. The van der Waals surface area contributed by atoms with E-state index in [9.17, 15) is 4.79 Å². The summed E-state index contributed by atoms with van der Waals surface area (Å²) in [4.78, 5) is 12.1. The van der Waals surface area contributed by atoms with Crippen molar-refractivity contribution in [2.24, 2.45) is 5.10 Å². The molecule has 5 heteroatoms. The fourth-order valence-corrected chi connectivity index (χ4v) is 4.03. The Hall–Kier alpha value is -3.66. The molecule has 1 aliphatic heterocycles. The number of hydrogen-bond acceptors (Lipinski definition) is 4. The number of benzene rings is 2. The molecule has 1 aliphatic rings. The molecule has 0 amide bonds. The van der Waals surface area contributed by atoms with E-state index in [-0.39, 0.29) is 28.7 Å². The molecule has 0 N–H and O–H groups in total. The van der Waals surface area contributed by atoms with E-state index >= 15 is 0 Å². The Morgan fingerprint density at radius 3 is 2.30 bits per heavy atom. The van der Waals surface area contributed by atoms with Gasteiger partial charge in [-0.15, -0.1) is 5.56 Å². The van der Waals surface area contributed by atoms with E-state index in [1.807, 2.05) is 89.9 Å². The van der Waals surface area contributed by atoms with Crippen molar-refractivity contribution in [2.75, 3.05) is 5.01 Å². The van der Waals surface area contributed by atoms with Crippen molar-refractivity contribution in [3.05, 3.63) is 137 Å². The van der Waals surface area contributed by atoms with E-state index in [0.717, 1.165) is 28.8 Å². The molecular weight excluding hydrogens is 452 g/mol. The van der Waals surface area contributed by atoms with Crippen molar-refractivity contribution in [3.8, 4) is 0 Å². The van der Waals surface area contributed by atoms with Crippen LogP contribution in [-0.2, 0) is 17.1 Å². The molecule has 0 bridgehead atoms. The van der Waals surface area contributed by atoms with Crippen LogP contribution in [-0.4, -0.2) is 5.71 Å². The van der Waals surface area contributed by atoms with Crippen LogP contribution in [0.15, 0.2) is 130 Å². The van der Waals surface area contributed by atoms with Crippen molar-refractivity contribution >= 4 is 22.4 Å². The van der Waals surface area contributed by atoms with E-state index in [0.29, 0.717) is 5.58 Å². The molecule has 0 fully saturated rings. The first-order chi connectivity index (χ1) is 15.8. The molecule has 6 rings (SSSR count). The average molecular weight is 474 g/mol. The Morgan fingerprint density at radius 1 is 0.909 bits per heavy atom. The molecule has 0 aliphatic carbocycles. The van der Waals surface area contributed by atoms with Crippen molar-refractivity contribution in [3.63, 3.8) is 0 Å². The van der Waals surface area contributed by atoms with Crippen LogP contribution >= 0.6 is 0 Å².